The molecule has 1 saturated heterocycles. The summed E-state index contributed by atoms with van der Waals surface area (Å²) in [6, 6.07) is 1.54. The molecule has 2 unspecified atom stereocenters. The summed E-state index contributed by atoms with van der Waals surface area (Å²) in [5.74, 6) is 0. The molecule has 2 fully saturated rings. The SMILES string of the molecule is CC1CC(NCCCN(C)C2CCCCC2)CCO1. The Bertz CT molecular complexity index is 241. The van der Waals surface area contributed by atoms with Crippen LogP contribution in [0.5, 0.6) is 0 Å². The van der Waals surface area contributed by atoms with Crippen molar-refractivity contribution in [2.24, 2.45) is 0 Å². The molecular formula is C16H32N2O. The highest BCUT2D eigenvalue weighted by Gasteiger charge is 2.19. The molecule has 3 heteroatoms. The highest BCUT2D eigenvalue weighted by molar-refractivity contribution is 4.76. The van der Waals surface area contributed by atoms with Gasteiger partial charge in [-0.1, -0.05) is 19.3 Å². The van der Waals surface area contributed by atoms with Crippen molar-refractivity contribution >= 4 is 0 Å². The minimum Gasteiger partial charge on any atom is -0.378 e. The molecule has 1 heterocycles. The molecule has 2 aliphatic rings. The van der Waals surface area contributed by atoms with Crippen molar-refractivity contribution in [3.63, 3.8) is 0 Å². The van der Waals surface area contributed by atoms with Crippen LogP contribution in [-0.2, 0) is 4.74 Å². The second kappa shape index (κ2) is 8.23. The van der Waals surface area contributed by atoms with E-state index in [2.05, 4.69) is 24.2 Å². The van der Waals surface area contributed by atoms with Crippen LogP contribution in [0, 0.1) is 0 Å². The number of nitrogens with zero attached hydrogens (tertiary/aromatic N) is 1. The van der Waals surface area contributed by atoms with Gasteiger partial charge in [-0.05, 0) is 59.2 Å². The van der Waals surface area contributed by atoms with E-state index in [1.54, 1.807) is 0 Å². The lowest BCUT2D eigenvalue weighted by atomic mass is 9.94. The molecule has 0 aromatic carbocycles. The third kappa shape index (κ3) is 5.41. The molecule has 0 aromatic rings. The minimum absolute atomic E-state index is 0.441. The molecule has 2 rings (SSSR count). The van der Waals surface area contributed by atoms with Gasteiger partial charge in [-0.2, -0.15) is 0 Å². The molecule has 1 saturated carbocycles. The summed E-state index contributed by atoms with van der Waals surface area (Å²) < 4.78 is 5.58. The first-order valence-electron chi connectivity index (χ1n) is 8.31. The largest absolute Gasteiger partial charge is 0.378 e. The van der Waals surface area contributed by atoms with Gasteiger partial charge in [0.05, 0.1) is 6.10 Å². The average molecular weight is 268 g/mol. The monoisotopic (exact) mass is 268 g/mol. The van der Waals surface area contributed by atoms with Crippen LogP contribution < -0.4 is 5.32 Å². The Morgan fingerprint density at radius 1 is 1.16 bits per heavy atom. The fourth-order valence-electron chi connectivity index (χ4n) is 3.52. The van der Waals surface area contributed by atoms with E-state index in [9.17, 15) is 0 Å². The van der Waals surface area contributed by atoms with E-state index in [1.807, 2.05) is 0 Å². The Morgan fingerprint density at radius 3 is 2.68 bits per heavy atom. The summed E-state index contributed by atoms with van der Waals surface area (Å²) in [5.41, 5.74) is 0. The zero-order chi connectivity index (χ0) is 13.5. The fourth-order valence-corrected chi connectivity index (χ4v) is 3.52. The Balaban J connectivity index is 1.53. The predicted molar refractivity (Wildman–Crippen MR) is 80.6 cm³/mol. The first kappa shape index (κ1) is 15.3. The Hall–Kier alpha value is -0.120. The van der Waals surface area contributed by atoms with Gasteiger partial charge in [0.1, 0.15) is 0 Å². The maximum absolute atomic E-state index is 5.58. The molecule has 0 radical (unpaired) electrons. The van der Waals surface area contributed by atoms with E-state index < -0.39 is 0 Å². The first-order chi connectivity index (χ1) is 9.25. The number of nitrogens with one attached hydrogen (secondary N) is 1. The van der Waals surface area contributed by atoms with Gasteiger partial charge in [-0.15, -0.1) is 0 Å². The van der Waals surface area contributed by atoms with Crippen LogP contribution in [0.3, 0.4) is 0 Å². The van der Waals surface area contributed by atoms with Crippen LogP contribution in [0.1, 0.15) is 58.3 Å². The van der Waals surface area contributed by atoms with E-state index in [0.29, 0.717) is 12.1 Å². The average Bonchev–Trinajstić information content (AvgIpc) is 2.44. The quantitative estimate of drug-likeness (QED) is 0.750. The van der Waals surface area contributed by atoms with Crippen molar-refractivity contribution in [3.05, 3.63) is 0 Å². The summed E-state index contributed by atoms with van der Waals surface area (Å²) in [4.78, 5) is 2.59. The molecular weight excluding hydrogens is 236 g/mol. The molecule has 0 aromatic heterocycles. The summed E-state index contributed by atoms with van der Waals surface area (Å²) in [6.07, 6.45) is 11.2. The summed E-state index contributed by atoms with van der Waals surface area (Å²) in [5, 5.41) is 3.70. The lowest BCUT2D eigenvalue weighted by Gasteiger charge is -2.32. The molecule has 3 nitrogen and oxygen atoms in total. The van der Waals surface area contributed by atoms with Gasteiger partial charge >= 0.3 is 0 Å². The number of hydrogen-bond donors (Lipinski definition) is 1. The lowest BCUT2D eigenvalue weighted by Crippen LogP contribution is -2.40. The predicted octanol–water partition coefficient (Wildman–Crippen LogP) is 2.80. The molecule has 0 amide bonds. The number of rotatable bonds is 6. The van der Waals surface area contributed by atoms with Gasteiger partial charge in [0, 0.05) is 18.7 Å². The molecule has 1 aliphatic heterocycles. The van der Waals surface area contributed by atoms with Crippen LogP contribution in [0.15, 0.2) is 0 Å². The normalized spacial score (nSPS) is 29.8. The van der Waals surface area contributed by atoms with Crippen LogP contribution >= 0.6 is 0 Å². The smallest absolute Gasteiger partial charge is 0.0561 e. The summed E-state index contributed by atoms with van der Waals surface area (Å²) >= 11 is 0. The maximum Gasteiger partial charge on any atom is 0.0561 e. The Labute approximate surface area is 119 Å². The maximum atomic E-state index is 5.58. The fraction of sp³-hybridized carbons (Fsp3) is 1.00. The Morgan fingerprint density at radius 2 is 1.95 bits per heavy atom. The van der Waals surface area contributed by atoms with Crippen molar-refractivity contribution in [2.45, 2.75) is 76.5 Å². The second-order valence-electron chi connectivity index (χ2n) is 6.48. The highest BCUT2D eigenvalue weighted by Crippen LogP contribution is 2.21. The molecule has 0 spiro atoms. The number of hydrogen-bond acceptors (Lipinski definition) is 3. The minimum atomic E-state index is 0.441. The highest BCUT2D eigenvalue weighted by atomic mass is 16.5. The standard InChI is InChI=1S/C16H32N2O/c1-14-13-15(9-12-19-14)17-10-6-11-18(2)16-7-4-3-5-8-16/h14-17H,3-13H2,1-2H3. The molecule has 0 bridgehead atoms. The van der Waals surface area contributed by atoms with Crippen LogP contribution in [0.25, 0.3) is 0 Å². The van der Waals surface area contributed by atoms with Crippen LogP contribution in [0.4, 0.5) is 0 Å². The van der Waals surface area contributed by atoms with E-state index in [4.69, 9.17) is 4.74 Å². The molecule has 1 N–H and O–H groups in total. The molecule has 1 aliphatic carbocycles. The van der Waals surface area contributed by atoms with Gasteiger partial charge in [0.2, 0.25) is 0 Å². The zero-order valence-corrected chi connectivity index (χ0v) is 12.9. The topological polar surface area (TPSA) is 24.5 Å². The van der Waals surface area contributed by atoms with Crippen LogP contribution in [0.2, 0.25) is 0 Å². The van der Waals surface area contributed by atoms with Gasteiger partial charge in [-0.25, -0.2) is 0 Å². The molecule has 19 heavy (non-hydrogen) atoms. The number of ether oxygens (including phenoxy) is 1. The van der Waals surface area contributed by atoms with Gasteiger partial charge in [-0.3, -0.25) is 0 Å². The zero-order valence-electron chi connectivity index (χ0n) is 12.9. The molecule has 112 valence electrons. The summed E-state index contributed by atoms with van der Waals surface area (Å²) in [6.45, 7) is 5.52. The second-order valence-corrected chi connectivity index (χ2v) is 6.48. The molecule has 2 atom stereocenters. The van der Waals surface area contributed by atoms with Gasteiger partial charge in [0.25, 0.3) is 0 Å². The summed E-state index contributed by atoms with van der Waals surface area (Å²) in [7, 11) is 2.31. The van der Waals surface area contributed by atoms with Gasteiger partial charge in [0.15, 0.2) is 0 Å². The van der Waals surface area contributed by atoms with E-state index in [-0.39, 0.29) is 0 Å². The van der Waals surface area contributed by atoms with Crippen LogP contribution in [-0.4, -0.2) is 49.8 Å². The van der Waals surface area contributed by atoms with Gasteiger partial charge < -0.3 is 15.0 Å². The van der Waals surface area contributed by atoms with Crippen molar-refractivity contribution in [1.82, 2.24) is 10.2 Å². The Kier molecular flexibility index (Phi) is 6.62. The van der Waals surface area contributed by atoms with E-state index in [0.717, 1.165) is 19.2 Å². The third-order valence-electron chi connectivity index (χ3n) is 4.80. The van der Waals surface area contributed by atoms with E-state index >= 15 is 0 Å². The van der Waals surface area contributed by atoms with Crippen molar-refractivity contribution in [2.75, 3.05) is 26.7 Å². The third-order valence-corrected chi connectivity index (χ3v) is 4.80. The van der Waals surface area contributed by atoms with Crippen molar-refractivity contribution < 1.29 is 4.74 Å². The van der Waals surface area contributed by atoms with Crippen molar-refractivity contribution in [3.8, 4) is 0 Å². The first-order valence-corrected chi connectivity index (χ1v) is 8.31. The lowest BCUT2D eigenvalue weighted by molar-refractivity contribution is 0.0132. The van der Waals surface area contributed by atoms with Crippen molar-refractivity contribution in [1.29, 1.82) is 0 Å². The van der Waals surface area contributed by atoms with E-state index in [1.165, 1.54) is 57.9 Å².